The van der Waals surface area contributed by atoms with Crippen molar-refractivity contribution in [3.05, 3.63) is 77.8 Å². The number of hydrogen-bond acceptors (Lipinski definition) is 8. The topological polar surface area (TPSA) is 159 Å². The van der Waals surface area contributed by atoms with Gasteiger partial charge in [0, 0.05) is 63.4 Å². The van der Waals surface area contributed by atoms with E-state index in [0.29, 0.717) is 10.6 Å². The van der Waals surface area contributed by atoms with Gasteiger partial charge in [-0.3, -0.25) is 24.4 Å². The van der Waals surface area contributed by atoms with Gasteiger partial charge in [-0.15, -0.1) is 4.36 Å². The second-order valence-electron chi connectivity index (χ2n) is 8.46. The molecule has 2 aromatic rings. The summed E-state index contributed by atoms with van der Waals surface area (Å²) in [6.07, 6.45) is 1.85. The zero-order valence-corrected chi connectivity index (χ0v) is 23.2. The molecule has 0 radical (unpaired) electrons. The van der Waals surface area contributed by atoms with Crippen LogP contribution in [0, 0.1) is 20.2 Å². The number of carbonyl (C=O) groups is 1. The highest BCUT2D eigenvalue weighted by molar-refractivity contribution is 7.92. The Labute approximate surface area is 221 Å². The smallest absolute Gasteiger partial charge is 0.442 e. The van der Waals surface area contributed by atoms with Crippen LogP contribution in [0.25, 0.3) is 0 Å². The van der Waals surface area contributed by atoms with Gasteiger partial charge in [0.15, 0.2) is 0 Å². The second kappa shape index (κ2) is 13.1. The van der Waals surface area contributed by atoms with Crippen LogP contribution in [-0.2, 0) is 36.8 Å². The van der Waals surface area contributed by atoms with Crippen molar-refractivity contribution >= 4 is 61.2 Å². The molecule has 0 saturated heterocycles. The first-order chi connectivity index (χ1) is 16.4. The zero-order chi connectivity index (χ0) is 27.8. The first-order valence-corrected chi connectivity index (χ1v) is 14.6. The number of rotatable bonds is 6. The van der Waals surface area contributed by atoms with Gasteiger partial charge in [-0.2, -0.15) is 0 Å². The maximum Gasteiger partial charge on any atom is 0.442 e. The van der Waals surface area contributed by atoms with Crippen LogP contribution in [0.4, 0.5) is 16.2 Å². The molecule has 0 fully saturated rings. The number of nitro benzene ring substituents is 2. The molecule has 0 bridgehead atoms. The molecule has 0 aliphatic rings. The summed E-state index contributed by atoms with van der Waals surface area (Å²) in [5.41, 5.74) is -0.127. The third-order valence-electron chi connectivity index (χ3n) is 3.92. The summed E-state index contributed by atoms with van der Waals surface area (Å²) in [7, 11) is -4.03. The standard InChI is InChI=1S/C13H17ClN2O5S.C8H8ClNO3S/c1-13(2,3)21-12(17)15-22(4,20)8-9-7-10(16(18)19)5-6-11(9)14;1-14(13)5-6-4-7(10(11)12)2-3-8(6)9/h5-7H,8H2,1-4H3;2-4H,5H2,1H3. The monoisotopic (exact) mass is 581 g/mol. The number of carbonyl (C=O) groups excluding carboxylic acids is 1. The molecule has 2 rings (SSSR count). The normalized spacial score (nSPS) is 13.4. The SMILES string of the molecule is CC(C)(C)OC(=O)N=S(C)(=O)Cc1cc([N+](=O)[O-])ccc1Cl.CS(=O)Cc1cc([N+](=O)[O-])ccc1Cl. The predicted octanol–water partition coefficient (Wildman–Crippen LogP) is 5.91. The Hall–Kier alpha value is -2.61. The minimum Gasteiger partial charge on any atom is -0.442 e. The lowest BCUT2D eigenvalue weighted by molar-refractivity contribution is -0.385. The molecule has 15 heteroatoms. The van der Waals surface area contributed by atoms with Crippen LogP contribution in [-0.4, -0.2) is 42.5 Å². The maximum atomic E-state index is 12.4. The van der Waals surface area contributed by atoms with E-state index in [0.717, 1.165) is 0 Å². The summed E-state index contributed by atoms with van der Waals surface area (Å²) in [5.74, 6) is 0.0489. The Morgan fingerprint density at radius 3 is 1.89 bits per heavy atom. The van der Waals surface area contributed by atoms with Crippen molar-refractivity contribution in [3.63, 3.8) is 0 Å². The van der Waals surface area contributed by atoms with Gasteiger partial charge < -0.3 is 4.74 Å². The third-order valence-corrected chi connectivity index (χ3v) is 6.76. The van der Waals surface area contributed by atoms with E-state index in [1.807, 2.05) is 0 Å². The van der Waals surface area contributed by atoms with Gasteiger partial charge in [0.05, 0.1) is 25.3 Å². The van der Waals surface area contributed by atoms with Crippen molar-refractivity contribution in [3.8, 4) is 0 Å². The van der Waals surface area contributed by atoms with E-state index in [-0.39, 0.29) is 33.5 Å². The molecule has 36 heavy (non-hydrogen) atoms. The van der Waals surface area contributed by atoms with Gasteiger partial charge in [0.2, 0.25) is 0 Å². The second-order valence-corrected chi connectivity index (χ2v) is 13.1. The first kappa shape index (κ1) is 31.4. The summed E-state index contributed by atoms with van der Waals surface area (Å²) in [6, 6.07) is 7.93. The lowest BCUT2D eigenvalue weighted by atomic mass is 10.2. The van der Waals surface area contributed by atoms with Crippen molar-refractivity contribution in [1.29, 1.82) is 0 Å². The lowest BCUT2D eigenvalue weighted by Gasteiger charge is -2.17. The van der Waals surface area contributed by atoms with Crippen LogP contribution in [0.3, 0.4) is 0 Å². The molecule has 0 aliphatic heterocycles. The Balaban J connectivity index is 0.000000397. The summed E-state index contributed by atoms with van der Waals surface area (Å²) in [6.45, 7) is 4.99. The zero-order valence-electron chi connectivity index (χ0n) is 20.1. The molecule has 0 aliphatic carbocycles. The minimum absolute atomic E-state index is 0.0325. The van der Waals surface area contributed by atoms with Crippen LogP contribution in [0.1, 0.15) is 31.9 Å². The average molecular weight is 582 g/mol. The number of non-ortho nitro benzene ring substituents is 2. The molecule has 0 saturated carbocycles. The number of ether oxygens (including phenoxy) is 1. The van der Waals surface area contributed by atoms with E-state index in [1.165, 1.54) is 48.9 Å². The fourth-order valence-corrected chi connectivity index (χ4v) is 4.99. The summed E-state index contributed by atoms with van der Waals surface area (Å²) in [4.78, 5) is 31.7. The number of halogens is 2. The number of amides is 1. The van der Waals surface area contributed by atoms with Crippen LogP contribution in [0.2, 0.25) is 10.0 Å². The molecule has 2 unspecified atom stereocenters. The minimum atomic E-state index is -2.98. The Kier molecular flexibility index (Phi) is 11.4. The molecular formula is C21H25Cl2N3O8S2. The van der Waals surface area contributed by atoms with Crippen molar-refractivity contribution in [2.75, 3.05) is 12.5 Å². The van der Waals surface area contributed by atoms with Gasteiger partial charge in [-0.1, -0.05) is 23.2 Å². The lowest BCUT2D eigenvalue weighted by Crippen LogP contribution is -2.22. The van der Waals surface area contributed by atoms with Crippen LogP contribution in [0.5, 0.6) is 0 Å². The van der Waals surface area contributed by atoms with Crippen LogP contribution >= 0.6 is 23.2 Å². The molecule has 11 nitrogen and oxygen atoms in total. The van der Waals surface area contributed by atoms with Gasteiger partial charge in [0.1, 0.15) is 5.60 Å². The molecule has 198 valence electrons. The Morgan fingerprint density at radius 2 is 1.47 bits per heavy atom. The Morgan fingerprint density at radius 1 is 1.03 bits per heavy atom. The Bertz CT molecular complexity index is 1300. The van der Waals surface area contributed by atoms with Crippen LogP contribution in [0.15, 0.2) is 40.8 Å². The summed E-state index contributed by atoms with van der Waals surface area (Å²) < 4.78 is 31.8. The predicted molar refractivity (Wildman–Crippen MR) is 140 cm³/mol. The number of benzene rings is 2. The highest BCUT2D eigenvalue weighted by Crippen LogP contribution is 2.25. The molecule has 0 heterocycles. The van der Waals surface area contributed by atoms with E-state index in [1.54, 1.807) is 20.8 Å². The number of nitro groups is 2. The van der Waals surface area contributed by atoms with Gasteiger partial charge in [0.25, 0.3) is 11.4 Å². The molecular weight excluding hydrogens is 557 g/mol. The van der Waals surface area contributed by atoms with E-state index in [9.17, 15) is 33.4 Å². The van der Waals surface area contributed by atoms with Crippen molar-refractivity contribution in [2.24, 2.45) is 4.36 Å². The average Bonchev–Trinajstić information content (AvgIpc) is 2.69. The van der Waals surface area contributed by atoms with Crippen LogP contribution < -0.4 is 0 Å². The van der Waals surface area contributed by atoms with E-state index in [2.05, 4.69) is 4.36 Å². The molecule has 0 N–H and O–H groups in total. The fraction of sp³-hybridized carbons (Fsp3) is 0.381. The molecule has 0 aromatic heterocycles. The van der Waals surface area contributed by atoms with Gasteiger partial charge in [-0.05, 0) is 44.0 Å². The number of hydrogen-bond donors (Lipinski definition) is 0. The highest BCUT2D eigenvalue weighted by Gasteiger charge is 2.19. The van der Waals surface area contributed by atoms with E-state index < -0.39 is 42.1 Å². The first-order valence-electron chi connectivity index (χ1n) is 9.98. The third kappa shape index (κ3) is 11.4. The highest BCUT2D eigenvalue weighted by atomic mass is 35.5. The van der Waals surface area contributed by atoms with E-state index >= 15 is 0 Å². The van der Waals surface area contributed by atoms with Crippen molar-refractivity contribution in [1.82, 2.24) is 0 Å². The van der Waals surface area contributed by atoms with Crippen molar-refractivity contribution < 1.29 is 27.8 Å². The molecule has 0 spiro atoms. The van der Waals surface area contributed by atoms with E-state index in [4.69, 9.17) is 27.9 Å². The summed E-state index contributed by atoms with van der Waals surface area (Å²) in [5, 5.41) is 21.8. The fourth-order valence-electron chi connectivity index (χ4n) is 2.55. The molecule has 2 atom stereocenters. The quantitative estimate of drug-likeness (QED) is 0.300. The summed E-state index contributed by atoms with van der Waals surface area (Å²) >= 11 is 11.7. The maximum absolute atomic E-state index is 12.4. The largest absolute Gasteiger partial charge is 0.442 e. The molecule has 2 aromatic carbocycles. The van der Waals surface area contributed by atoms with Crippen molar-refractivity contribution in [2.45, 2.75) is 37.9 Å². The molecule has 1 amide bonds. The van der Waals surface area contributed by atoms with Gasteiger partial charge >= 0.3 is 6.09 Å². The number of nitrogens with zero attached hydrogens (tertiary/aromatic N) is 3. The van der Waals surface area contributed by atoms with Gasteiger partial charge in [-0.25, -0.2) is 9.00 Å².